The second kappa shape index (κ2) is 17.1. The van der Waals surface area contributed by atoms with Crippen LogP contribution in [0.1, 0.15) is 56.9 Å². The van der Waals surface area contributed by atoms with Crippen LogP contribution in [0.4, 0.5) is 4.79 Å². The van der Waals surface area contributed by atoms with E-state index < -0.39 is 12.1 Å². The van der Waals surface area contributed by atoms with Crippen LogP contribution in [0.5, 0.6) is 34.5 Å². The number of carbonyl (C=O) groups excluding carboxylic acids is 3. The summed E-state index contributed by atoms with van der Waals surface area (Å²) in [5.74, 6) is 3.34. The maximum absolute atomic E-state index is 14.1. The second-order valence-electron chi connectivity index (χ2n) is 16.7. The maximum Gasteiger partial charge on any atom is 0.413 e. The fourth-order valence-corrected chi connectivity index (χ4v) is 9.04. The SMILES string of the molecule is COc1ccc(C2=NN(C3CCN(C(=O)[C@@H](CN(C)C)NC(=O)Oc4c[nH]c5c(-c6c(OCC7CC7)ccc7c6OCO7)ncnc45)CC3)C(=O)[C@@H]3CCCC[C@H]23)cc1OC. The molecule has 3 aliphatic heterocycles. The van der Waals surface area contributed by atoms with E-state index in [1.54, 1.807) is 24.1 Å². The summed E-state index contributed by atoms with van der Waals surface area (Å²) >= 11 is 0. The van der Waals surface area contributed by atoms with Crippen molar-refractivity contribution in [3.8, 4) is 45.8 Å². The van der Waals surface area contributed by atoms with Crippen molar-refractivity contribution in [1.82, 2.24) is 35.1 Å². The highest BCUT2D eigenvalue weighted by Crippen LogP contribution is 2.49. The van der Waals surface area contributed by atoms with Gasteiger partial charge in [0.15, 0.2) is 28.7 Å². The third kappa shape index (κ3) is 8.10. The minimum atomic E-state index is -0.904. The molecule has 1 saturated heterocycles. The summed E-state index contributed by atoms with van der Waals surface area (Å²) in [6, 6.07) is 8.39. The van der Waals surface area contributed by atoms with E-state index in [4.69, 9.17) is 33.5 Å². The summed E-state index contributed by atoms with van der Waals surface area (Å²) in [4.78, 5) is 57.5. The van der Waals surface area contributed by atoms with E-state index in [1.807, 2.05) is 49.3 Å². The number of nitrogens with zero attached hydrogens (tertiary/aromatic N) is 6. The van der Waals surface area contributed by atoms with Gasteiger partial charge in [-0.2, -0.15) is 5.10 Å². The number of likely N-dealkylation sites (N-methyl/N-ethyl adjacent to an activating group) is 1. The highest BCUT2D eigenvalue weighted by Gasteiger charge is 2.44. The van der Waals surface area contributed by atoms with Crippen molar-refractivity contribution in [3.63, 3.8) is 0 Å². The molecule has 0 radical (unpaired) electrons. The average molecular weight is 837 g/mol. The molecule has 4 aromatic rings. The van der Waals surface area contributed by atoms with Gasteiger partial charge < -0.3 is 48.5 Å². The van der Waals surface area contributed by atoms with Gasteiger partial charge in [0.25, 0.3) is 0 Å². The number of rotatable bonds is 13. The predicted octanol–water partition coefficient (Wildman–Crippen LogP) is 5.22. The van der Waals surface area contributed by atoms with Crippen molar-refractivity contribution in [2.45, 2.75) is 63.5 Å². The van der Waals surface area contributed by atoms with E-state index in [9.17, 15) is 14.4 Å². The molecular weight excluding hydrogens is 785 g/mol. The molecule has 17 heteroatoms. The molecule has 5 aliphatic rings. The van der Waals surface area contributed by atoms with Gasteiger partial charge in [0.05, 0.1) is 43.7 Å². The molecule has 2 aromatic heterocycles. The lowest BCUT2D eigenvalue weighted by molar-refractivity contribution is -0.143. The fourth-order valence-electron chi connectivity index (χ4n) is 9.04. The minimum absolute atomic E-state index is 0.0342. The zero-order valence-corrected chi connectivity index (χ0v) is 35.0. The second-order valence-corrected chi connectivity index (χ2v) is 16.7. The van der Waals surface area contributed by atoms with E-state index in [2.05, 4.69) is 20.3 Å². The fraction of sp³-hybridized carbons (Fsp3) is 0.500. The van der Waals surface area contributed by atoms with Crippen LogP contribution in [-0.4, -0.2) is 127 Å². The summed E-state index contributed by atoms with van der Waals surface area (Å²) in [7, 11) is 6.89. The predicted molar refractivity (Wildman–Crippen MR) is 223 cm³/mol. The molecule has 3 atom stereocenters. The molecule has 5 heterocycles. The van der Waals surface area contributed by atoms with Gasteiger partial charge in [0.1, 0.15) is 29.3 Å². The molecule has 2 aliphatic carbocycles. The lowest BCUT2D eigenvalue weighted by atomic mass is 9.73. The Morgan fingerprint density at radius 2 is 1.70 bits per heavy atom. The molecule has 3 amide bonds. The van der Waals surface area contributed by atoms with Crippen LogP contribution in [0, 0.1) is 17.8 Å². The van der Waals surface area contributed by atoms with Gasteiger partial charge in [-0.1, -0.05) is 12.8 Å². The van der Waals surface area contributed by atoms with Gasteiger partial charge in [-0.3, -0.25) is 9.59 Å². The minimum Gasteiger partial charge on any atom is -0.493 e. The summed E-state index contributed by atoms with van der Waals surface area (Å²) in [5.41, 5.74) is 3.81. The standard InChI is InChI=1S/C44H52N8O9/c1-50(2)21-30(48-44(55)61-35-20-45-40-38(35)46-23-47-39(40)36-32(58-22-25-9-10-25)13-14-33-41(36)60-24-59-33)43(54)51-17-15-27(16-18-51)52-42(53)29-8-6-5-7-28(29)37(49-52)26-11-12-31(56-3)34(19-26)57-4/h11-14,19-20,23,25,27-30,45H,5-10,15-18,21-22,24H2,1-4H3,(H,48,55)/t28-,29+,30+/m0/s1. The largest absolute Gasteiger partial charge is 0.493 e. The number of ether oxygens (including phenoxy) is 6. The monoisotopic (exact) mass is 836 g/mol. The Balaban J connectivity index is 0.887. The number of hydrogen-bond donors (Lipinski definition) is 2. The van der Waals surface area contributed by atoms with E-state index in [0.29, 0.717) is 89.5 Å². The zero-order chi connectivity index (χ0) is 42.2. The van der Waals surface area contributed by atoms with Gasteiger partial charge in [-0.25, -0.2) is 19.8 Å². The Morgan fingerprint density at radius 3 is 2.46 bits per heavy atom. The first-order chi connectivity index (χ1) is 29.7. The van der Waals surface area contributed by atoms with Crippen LogP contribution >= 0.6 is 0 Å². The third-order valence-electron chi connectivity index (χ3n) is 12.4. The molecule has 2 saturated carbocycles. The van der Waals surface area contributed by atoms with Gasteiger partial charge in [-0.05, 0) is 88.9 Å². The Morgan fingerprint density at radius 1 is 0.934 bits per heavy atom. The lowest BCUT2D eigenvalue weighted by Crippen LogP contribution is -2.57. The van der Waals surface area contributed by atoms with Crippen molar-refractivity contribution >= 4 is 34.7 Å². The summed E-state index contributed by atoms with van der Waals surface area (Å²) in [6.45, 7) is 1.70. The van der Waals surface area contributed by atoms with E-state index in [0.717, 1.165) is 49.8 Å². The molecule has 9 rings (SSSR count). The number of H-pyrrole nitrogens is 1. The first-order valence-electron chi connectivity index (χ1n) is 21.1. The normalized spacial score (nSPS) is 20.6. The molecule has 2 N–H and O–H groups in total. The molecule has 17 nitrogen and oxygen atoms in total. The first kappa shape index (κ1) is 40.3. The molecule has 61 heavy (non-hydrogen) atoms. The van der Waals surface area contributed by atoms with E-state index in [1.165, 1.54) is 12.5 Å². The van der Waals surface area contributed by atoms with Gasteiger partial charge >= 0.3 is 6.09 Å². The molecule has 3 fully saturated rings. The van der Waals surface area contributed by atoms with Crippen molar-refractivity contribution < 1.29 is 42.8 Å². The Kier molecular flexibility index (Phi) is 11.3. The lowest BCUT2D eigenvalue weighted by Gasteiger charge is -2.43. The highest BCUT2D eigenvalue weighted by atomic mass is 16.7. The number of aromatic amines is 1. The molecular formula is C44H52N8O9. The van der Waals surface area contributed by atoms with Crippen LogP contribution < -0.4 is 33.7 Å². The Labute approximate surface area is 353 Å². The van der Waals surface area contributed by atoms with Crippen LogP contribution in [-0.2, 0) is 9.59 Å². The van der Waals surface area contributed by atoms with Crippen LogP contribution in [0.2, 0.25) is 0 Å². The number of hydrogen-bond acceptors (Lipinski definition) is 13. The number of methoxy groups -OCH3 is 2. The average Bonchev–Trinajstić information content (AvgIpc) is 3.84. The van der Waals surface area contributed by atoms with E-state index in [-0.39, 0.29) is 48.8 Å². The molecule has 2 aromatic carbocycles. The van der Waals surface area contributed by atoms with Crippen molar-refractivity contribution in [2.75, 3.05) is 61.3 Å². The summed E-state index contributed by atoms with van der Waals surface area (Å²) in [6.07, 6.45) is 9.26. The maximum atomic E-state index is 14.1. The Hall–Kier alpha value is -6.10. The number of benzene rings is 2. The quantitative estimate of drug-likeness (QED) is 0.179. The molecule has 0 spiro atoms. The van der Waals surface area contributed by atoms with Crippen molar-refractivity contribution in [1.29, 1.82) is 0 Å². The van der Waals surface area contributed by atoms with E-state index >= 15 is 0 Å². The highest BCUT2D eigenvalue weighted by molar-refractivity contribution is 6.07. The number of fused-ring (bicyclic) bond motifs is 3. The van der Waals surface area contributed by atoms with Gasteiger partial charge in [-0.15, -0.1) is 0 Å². The number of aromatic nitrogens is 3. The topological polar surface area (TPSA) is 182 Å². The van der Waals surface area contributed by atoms with Crippen LogP contribution in [0.3, 0.4) is 0 Å². The number of amides is 3. The Bertz CT molecular complexity index is 2340. The summed E-state index contributed by atoms with van der Waals surface area (Å²) < 4.78 is 34.7. The van der Waals surface area contributed by atoms with Gasteiger partial charge in [0, 0.05) is 43.2 Å². The number of hydrazone groups is 1. The zero-order valence-electron chi connectivity index (χ0n) is 35.0. The molecule has 322 valence electrons. The van der Waals surface area contributed by atoms with Crippen molar-refractivity contribution in [3.05, 3.63) is 48.4 Å². The smallest absolute Gasteiger partial charge is 0.413 e. The summed E-state index contributed by atoms with van der Waals surface area (Å²) in [5, 5.41) is 9.57. The third-order valence-corrected chi connectivity index (χ3v) is 12.4. The molecule has 0 unspecified atom stereocenters. The first-order valence-corrected chi connectivity index (χ1v) is 21.1. The number of carbonyl (C=O) groups is 3. The number of likely N-dealkylation sites (tertiary alicyclic amines) is 1. The number of piperidine rings is 1. The van der Waals surface area contributed by atoms with Crippen molar-refractivity contribution in [2.24, 2.45) is 22.9 Å². The van der Waals surface area contributed by atoms with Gasteiger partial charge in [0.2, 0.25) is 18.6 Å². The molecule has 0 bridgehead atoms. The van der Waals surface area contributed by atoms with Crippen LogP contribution in [0.25, 0.3) is 22.3 Å². The van der Waals surface area contributed by atoms with Crippen LogP contribution in [0.15, 0.2) is 48.0 Å². The number of nitrogens with one attached hydrogen (secondary N) is 2.